The number of rotatable bonds is 64. The maximum absolute atomic E-state index is 12.9. The summed E-state index contributed by atoms with van der Waals surface area (Å²) in [5.74, 6) is -0.872. The minimum atomic E-state index is -0.783. The van der Waals surface area contributed by atoms with Crippen molar-refractivity contribution >= 4 is 17.9 Å². The van der Waals surface area contributed by atoms with Crippen LogP contribution in [0.4, 0.5) is 0 Å². The molecule has 0 aromatic heterocycles. The predicted molar refractivity (Wildman–Crippen MR) is 344 cm³/mol. The van der Waals surface area contributed by atoms with Crippen LogP contribution in [-0.2, 0) is 28.6 Å². The fourth-order valence-corrected chi connectivity index (χ4v) is 10.2. The number of ether oxygens (including phenoxy) is 3. The number of carbonyl (C=O) groups excluding carboxylic acids is 3. The van der Waals surface area contributed by atoms with Gasteiger partial charge in [-0.05, 0) is 109 Å². The van der Waals surface area contributed by atoms with Gasteiger partial charge in [-0.1, -0.05) is 300 Å². The summed E-state index contributed by atoms with van der Waals surface area (Å²) >= 11 is 0. The zero-order valence-corrected chi connectivity index (χ0v) is 52.9. The Bertz CT molecular complexity index is 1410. The Kier molecular flexibility index (Phi) is 65.1. The van der Waals surface area contributed by atoms with Crippen LogP contribution in [0.1, 0.15) is 367 Å². The van der Waals surface area contributed by atoms with Gasteiger partial charge in [0.05, 0.1) is 0 Å². The molecular formula is C73H132O6. The molecule has 79 heavy (non-hydrogen) atoms. The van der Waals surface area contributed by atoms with Gasteiger partial charge in [-0.15, -0.1) is 0 Å². The maximum atomic E-state index is 12.9. The van der Waals surface area contributed by atoms with Crippen molar-refractivity contribution in [1.82, 2.24) is 0 Å². The average Bonchev–Trinajstić information content (AvgIpc) is 3.45. The van der Waals surface area contributed by atoms with Crippen molar-refractivity contribution in [3.63, 3.8) is 0 Å². The number of hydrogen-bond donors (Lipinski definition) is 0. The van der Waals surface area contributed by atoms with Crippen LogP contribution in [0.3, 0.4) is 0 Å². The van der Waals surface area contributed by atoms with Crippen LogP contribution in [0.2, 0.25) is 0 Å². The van der Waals surface area contributed by atoms with E-state index in [9.17, 15) is 14.4 Å². The molecule has 0 aliphatic heterocycles. The van der Waals surface area contributed by atoms with Crippen LogP contribution in [0.15, 0.2) is 60.8 Å². The van der Waals surface area contributed by atoms with Crippen LogP contribution in [0.5, 0.6) is 0 Å². The van der Waals surface area contributed by atoms with Gasteiger partial charge in [-0.2, -0.15) is 0 Å². The molecule has 0 N–H and O–H groups in total. The molecule has 6 heteroatoms. The first-order valence-corrected chi connectivity index (χ1v) is 34.8. The lowest BCUT2D eigenvalue weighted by Crippen LogP contribution is -2.30. The topological polar surface area (TPSA) is 78.9 Å². The van der Waals surface area contributed by atoms with E-state index in [0.29, 0.717) is 19.3 Å². The molecule has 1 atom stereocenters. The molecule has 460 valence electrons. The van der Waals surface area contributed by atoms with Crippen molar-refractivity contribution in [3.05, 3.63) is 60.8 Å². The molecule has 0 saturated carbocycles. The highest BCUT2D eigenvalue weighted by atomic mass is 16.6. The maximum Gasteiger partial charge on any atom is 0.306 e. The molecule has 0 aliphatic rings. The largest absolute Gasteiger partial charge is 0.462 e. The molecule has 0 aromatic carbocycles. The Morgan fingerprint density at radius 2 is 0.456 bits per heavy atom. The molecule has 0 fully saturated rings. The van der Waals surface area contributed by atoms with Crippen molar-refractivity contribution < 1.29 is 28.6 Å². The Balaban J connectivity index is 4.32. The molecular weight excluding hydrogens is 973 g/mol. The molecule has 6 nitrogen and oxygen atoms in total. The second kappa shape index (κ2) is 67.6. The summed E-state index contributed by atoms with van der Waals surface area (Å²) in [6.07, 6.45) is 86.6. The first-order chi connectivity index (χ1) is 39.0. The minimum Gasteiger partial charge on any atom is -0.462 e. The van der Waals surface area contributed by atoms with E-state index in [1.807, 2.05) is 0 Å². The summed E-state index contributed by atoms with van der Waals surface area (Å²) < 4.78 is 17.0. The molecule has 0 spiro atoms. The number of unbranched alkanes of at least 4 members (excludes halogenated alkanes) is 43. The summed E-state index contributed by atoms with van der Waals surface area (Å²) in [7, 11) is 0. The third-order valence-electron chi connectivity index (χ3n) is 15.5. The van der Waals surface area contributed by atoms with E-state index in [1.54, 1.807) is 0 Å². The first kappa shape index (κ1) is 76.1. The summed E-state index contributed by atoms with van der Waals surface area (Å²) in [6.45, 7) is 6.65. The highest BCUT2D eigenvalue weighted by Gasteiger charge is 2.19. The van der Waals surface area contributed by atoms with Gasteiger partial charge in [0.25, 0.3) is 0 Å². The number of allylic oxidation sites excluding steroid dienone is 10. The molecule has 1 unspecified atom stereocenters. The van der Waals surface area contributed by atoms with E-state index < -0.39 is 6.10 Å². The van der Waals surface area contributed by atoms with Crippen molar-refractivity contribution in [2.24, 2.45) is 0 Å². The Morgan fingerprint density at radius 3 is 0.722 bits per heavy atom. The van der Waals surface area contributed by atoms with Crippen molar-refractivity contribution in [2.45, 2.75) is 374 Å². The van der Waals surface area contributed by atoms with Crippen molar-refractivity contribution in [3.8, 4) is 0 Å². The third kappa shape index (κ3) is 65.8. The second-order valence-corrected chi connectivity index (χ2v) is 23.4. The normalized spacial score (nSPS) is 12.4. The predicted octanol–water partition coefficient (Wildman–Crippen LogP) is 23.9. The quantitative estimate of drug-likeness (QED) is 0.0261. The van der Waals surface area contributed by atoms with Gasteiger partial charge in [0.1, 0.15) is 13.2 Å². The van der Waals surface area contributed by atoms with E-state index in [0.717, 1.165) is 83.5 Å². The van der Waals surface area contributed by atoms with Gasteiger partial charge in [-0.25, -0.2) is 0 Å². The van der Waals surface area contributed by atoms with Crippen LogP contribution >= 0.6 is 0 Å². The van der Waals surface area contributed by atoms with E-state index in [2.05, 4.69) is 81.5 Å². The summed E-state index contributed by atoms with van der Waals surface area (Å²) in [6, 6.07) is 0. The average molecular weight is 1110 g/mol. The lowest BCUT2D eigenvalue weighted by atomic mass is 10.0. The summed E-state index contributed by atoms with van der Waals surface area (Å²) in [5.41, 5.74) is 0. The summed E-state index contributed by atoms with van der Waals surface area (Å²) in [5, 5.41) is 0. The molecule has 0 saturated heterocycles. The van der Waals surface area contributed by atoms with Gasteiger partial charge < -0.3 is 14.2 Å². The molecule has 0 radical (unpaired) electrons. The molecule has 0 amide bonds. The Labute approximate surface area is 491 Å². The Hall–Kier alpha value is -2.89. The van der Waals surface area contributed by atoms with Gasteiger partial charge in [-0.3, -0.25) is 14.4 Å². The number of hydrogen-bond acceptors (Lipinski definition) is 6. The molecule has 0 rings (SSSR count). The van der Waals surface area contributed by atoms with Crippen LogP contribution in [0, 0.1) is 0 Å². The van der Waals surface area contributed by atoms with Gasteiger partial charge in [0, 0.05) is 19.3 Å². The molecule has 0 aliphatic carbocycles. The Morgan fingerprint density at radius 1 is 0.253 bits per heavy atom. The highest BCUT2D eigenvalue weighted by Crippen LogP contribution is 2.17. The van der Waals surface area contributed by atoms with Crippen LogP contribution < -0.4 is 0 Å². The standard InChI is InChI=1S/C73H132O6/c1-4-7-10-13-16-19-22-25-28-31-34-35-36-37-38-39-40-43-45-48-51-54-57-60-63-66-72(75)78-69-70(79-73(76)67-64-61-58-55-52-49-46-42-33-30-27-24-21-18-15-12-9-6-3)68-77-71(74)65-62-59-56-53-50-47-44-41-32-29-26-23-20-17-14-11-8-5-2/h20-21,23-24,29-34,70H,4-19,22,25-28,35-69H2,1-3H3/b23-20-,24-21-,32-29-,33-30-,34-31-. The summed E-state index contributed by atoms with van der Waals surface area (Å²) in [4.78, 5) is 38.4. The minimum absolute atomic E-state index is 0.0777. The van der Waals surface area contributed by atoms with Gasteiger partial charge in [0.2, 0.25) is 0 Å². The van der Waals surface area contributed by atoms with Crippen LogP contribution in [0.25, 0.3) is 0 Å². The number of carbonyl (C=O) groups is 3. The lowest BCUT2D eigenvalue weighted by molar-refractivity contribution is -0.167. The molecule has 0 bridgehead atoms. The van der Waals surface area contributed by atoms with Crippen molar-refractivity contribution in [1.29, 1.82) is 0 Å². The van der Waals surface area contributed by atoms with E-state index in [-0.39, 0.29) is 31.1 Å². The van der Waals surface area contributed by atoms with Crippen LogP contribution in [-0.4, -0.2) is 37.2 Å². The van der Waals surface area contributed by atoms with Gasteiger partial charge in [0.15, 0.2) is 6.10 Å². The van der Waals surface area contributed by atoms with Crippen molar-refractivity contribution in [2.75, 3.05) is 13.2 Å². The van der Waals surface area contributed by atoms with E-state index in [1.165, 1.54) is 244 Å². The zero-order chi connectivity index (χ0) is 57.1. The smallest absolute Gasteiger partial charge is 0.306 e. The zero-order valence-electron chi connectivity index (χ0n) is 52.9. The van der Waals surface area contributed by atoms with E-state index in [4.69, 9.17) is 14.2 Å². The van der Waals surface area contributed by atoms with E-state index >= 15 is 0 Å². The first-order valence-electron chi connectivity index (χ1n) is 34.8. The molecule has 0 aromatic rings. The molecule has 0 heterocycles. The van der Waals surface area contributed by atoms with Gasteiger partial charge >= 0.3 is 17.9 Å². The fraction of sp³-hybridized carbons (Fsp3) is 0.822. The second-order valence-electron chi connectivity index (χ2n) is 23.4. The lowest BCUT2D eigenvalue weighted by Gasteiger charge is -2.18. The third-order valence-corrected chi connectivity index (χ3v) is 15.5. The number of esters is 3. The fourth-order valence-electron chi connectivity index (χ4n) is 10.2. The monoisotopic (exact) mass is 1110 g/mol. The highest BCUT2D eigenvalue weighted by molar-refractivity contribution is 5.71. The SMILES string of the molecule is CCCCCC/C=C\C/C=C\CCCCCCCCCC(=O)OCC(COC(=O)CCCCCCCCCCCCCCC/C=C\CCCCCCCCCC)OC(=O)CCCCCCCCC/C=C\C/C=C\CCCCCC.